The molecule has 0 saturated carbocycles. The normalized spacial score (nSPS) is 12.5. The number of aliphatic hydroxyl groups excluding tert-OH is 1. The molecule has 0 aliphatic carbocycles. The number of carbonyl (C=O) groups is 1. The minimum absolute atomic E-state index is 0.160. The van der Waals surface area contributed by atoms with Crippen LogP contribution < -0.4 is 5.73 Å². The monoisotopic (exact) mass is 510 g/mol. The quantitative estimate of drug-likeness (QED) is 0.0905. The number of hydrogen-bond donors (Lipinski definition) is 2. The molecular formula is C25H54N2O6S. The zero-order valence-electron chi connectivity index (χ0n) is 22.8. The van der Waals surface area contributed by atoms with Crippen LogP contribution in [0.5, 0.6) is 0 Å². The Kier molecular flexibility index (Phi) is 27.7. The largest absolute Gasteiger partial charge is 0.726 e. The molecule has 0 radical (unpaired) electrons. The topological polar surface area (TPSA) is 130 Å². The van der Waals surface area contributed by atoms with Gasteiger partial charge in [-0.1, -0.05) is 70.9 Å². The number of carbonyl (C=O) groups excluding carboxylic acids is 1. The van der Waals surface area contributed by atoms with Crippen molar-refractivity contribution in [2.24, 2.45) is 5.73 Å². The zero-order chi connectivity index (χ0) is 26.9. The van der Waals surface area contributed by atoms with Gasteiger partial charge >= 0.3 is 0 Å². The molecule has 0 heterocycles. The van der Waals surface area contributed by atoms with Crippen molar-refractivity contribution >= 4 is 16.3 Å². The van der Waals surface area contributed by atoms with Crippen molar-refractivity contribution < 1.29 is 31.5 Å². The van der Waals surface area contributed by atoms with E-state index in [1.54, 1.807) is 0 Å². The van der Waals surface area contributed by atoms with Gasteiger partial charge in [0.05, 0.1) is 40.9 Å². The van der Waals surface area contributed by atoms with E-state index in [-0.39, 0.29) is 12.0 Å². The van der Waals surface area contributed by atoms with E-state index >= 15 is 0 Å². The molecule has 0 spiro atoms. The smallest absolute Gasteiger partial charge is 0.217 e. The van der Waals surface area contributed by atoms with Crippen molar-refractivity contribution in [1.29, 1.82) is 0 Å². The highest BCUT2D eigenvalue weighted by Crippen LogP contribution is 2.10. The zero-order valence-corrected chi connectivity index (χ0v) is 23.6. The maximum atomic E-state index is 10.6. The highest BCUT2D eigenvalue weighted by Gasteiger charge is 2.01. The summed E-state index contributed by atoms with van der Waals surface area (Å²) in [6.45, 7) is 5.69. The maximum Gasteiger partial charge on any atom is 0.217 e. The summed E-state index contributed by atoms with van der Waals surface area (Å²) in [6, 6.07) is 0. The highest BCUT2D eigenvalue weighted by atomic mass is 32.3. The number of allylic oxidation sites excluding steroid dienone is 1. The molecule has 0 aromatic heterocycles. The Morgan fingerprint density at radius 3 is 1.94 bits per heavy atom. The van der Waals surface area contributed by atoms with Crippen LogP contribution in [-0.2, 0) is 19.4 Å². The second-order valence-corrected chi connectivity index (χ2v) is 10.7. The summed E-state index contributed by atoms with van der Waals surface area (Å²) in [5.74, 6) is -0.189. The number of hydrogen-bond acceptors (Lipinski definition) is 6. The summed E-state index contributed by atoms with van der Waals surface area (Å²) >= 11 is 0. The predicted octanol–water partition coefficient (Wildman–Crippen LogP) is 4.68. The second-order valence-electron chi connectivity index (χ2n) is 9.57. The average molecular weight is 511 g/mol. The first-order valence-corrected chi connectivity index (χ1v) is 14.1. The Balaban J connectivity index is -0.000000601. The highest BCUT2D eigenvalue weighted by molar-refractivity contribution is 7.80. The van der Waals surface area contributed by atoms with E-state index < -0.39 is 10.4 Å². The number of rotatable bonds is 18. The molecule has 0 aromatic rings. The van der Waals surface area contributed by atoms with Crippen molar-refractivity contribution in [3.8, 4) is 0 Å². The Hall–Kier alpha value is -1.00. The van der Waals surface area contributed by atoms with Crippen molar-refractivity contribution in [3.05, 3.63) is 12.2 Å². The third kappa shape index (κ3) is 44.6. The second kappa shape index (κ2) is 25.1. The number of unbranched alkanes of at least 4 members (excludes halogenated alkanes) is 8. The van der Waals surface area contributed by atoms with E-state index in [1.807, 2.05) is 0 Å². The first-order valence-electron chi connectivity index (χ1n) is 12.7. The van der Waals surface area contributed by atoms with E-state index in [2.05, 4.69) is 51.3 Å². The van der Waals surface area contributed by atoms with Crippen LogP contribution in [0.4, 0.5) is 0 Å². The molecule has 0 aliphatic heterocycles. The molecule has 0 aliphatic rings. The van der Waals surface area contributed by atoms with E-state index in [0.717, 1.165) is 50.1 Å². The molecule has 0 aromatic carbocycles. The van der Waals surface area contributed by atoms with Gasteiger partial charge in [-0.25, -0.2) is 8.42 Å². The fourth-order valence-corrected chi connectivity index (χ4v) is 3.06. The molecule has 0 rings (SSSR count). The molecule has 8 nitrogen and oxygen atoms in total. The van der Waals surface area contributed by atoms with Crippen molar-refractivity contribution in [2.45, 2.75) is 110 Å². The Morgan fingerprint density at radius 1 is 0.971 bits per heavy atom. The summed E-state index contributed by atoms with van der Waals surface area (Å²) in [6.07, 6.45) is 19.3. The van der Waals surface area contributed by atoms with Crippen LogP contribution in [0.1, 0.15) is 104 Å². The maximum absolute atomic E-state index is 10.6. The van der Waals surface area contributed by atoms with Gasteiger partial charge in [0.15, 0.2) is 0 Å². The van der Waals surface area contributed by atoms with Gasteiger partial charge in [0.25, 0.3) is 0 Å². The Bertz CT molecular complexity index is 574. The summed E-state index contributed by atoms with van der Waals surface area (Å²) < 4.78 is 32.1. The van der Waals surface area contributed by atoms with E-state index in [1.165, 1.54) is 51.5 Å². The molecule has 34 heavy (non-hydrogen) atoms. The molecule has 0 fully saturated rings. The van der Waals surface area contributed by atoms with Crippen LogP contribution in [0.15, 0.2) is 12.2 Å². The lowest BCUT2D eigenvalue weighted by atomic mass is 10.1. The minimum atomic E-state index is -4.41. The van der Waals surface area contributed by atoms with Crippen LogP contribution in [0.25, 0.3) is 0 Å². The first-order chi connectivity index (χ1) is 15.8. The van der Waals surface area contributed by atoms with Gasteiger partial charge in [-0.3, -0.25) is 8.98 Å². The van der Waals surface area contributed by atoms with Gasteiger partial charge in [-0.2, -0.15) is 0 Å². The van der Waals surface area contributed by atoms with Gasteiger partial charge < -0.3 is 19.9 Å². The Labute approximate surface area is 210 Å². The average Bonchev–Trinajstić information content (AvgIpc) is 2.72. The van der Waals surface area contributed by atoms with Crippen molar-refractivity contribution in [1.82, 2.24) is 0 Å². The fourth-order valence-electron chi connectivity index (χ4n) is 3.06. The molecule has 3 N–H and O–H groups in total. The summed E-state index contributed by atoms with van der Waals surface area (Å²) in [4.78, 5) is 10.6. The number of amides is 1. The summed E-state index contributed by atoms with van der Waals surface area (Å²) in [7, 11) is 3.03. The third-order valence-corrected chi connectivity index (χ3v) is 5.27. The first kappa shape index (κ1) is 37.5. The van der Waals surface area contributed by atoms with Gasteiger partial charge in [-0.05, 0) is 38.5 Å². The number of nitrogens with zero attached hydrogens (tertiary/aromatic N) is 1. The SMILES string of the molecule is CCCCCCC(O)C/C=C\CCCCCCCC(N)=O.CCC[N+](C)(C)C.COS(=O)(=O)[O-]. The fraction of sp³-hybridized carbons (Fsp3) is 0.880. The van der Waals surface area contributed by atoms with Crippen LogP contribution in [0.3, 0.4) is 0 Å². The van der Waals surface area contributed by atoms with E-state index in [4.69, 9.17) is 5.73 Å². The van der Waals surface area contributed by atoms with Crippen LogP contribution in [-0.4, -0.2) is 69.4 Å². The number of nitrogens with two attached hydrogens (primary N) is 1. The molecule has 1 atom stereocenters. The lowest BCUT2D eigenvalue weighted by molar-refractivity contribution is -0.870. The lowest BCUT2D eigenvalue weighted by Gasteiger charge is -2.22. The summed E-state index contributed by atoms with van der Waals surface area (Å²) in [5.41, 5.74) is 5.09. The van der Waals surface area contributed by atoms with Crippen LogP contribution in [0, 0.1) is 0 Å². The number of quaternary nitrogens is 1. The van der Waals surface area contributed by atoms with Crippen molar-refractivity contribution in [2.75, 3.05) is 34.8 Å². The van der Waals surface area contributed by atoms with E-state index in [0.29, 0.717) is 6.42 Å². The third-order valence-electron chi connectivity index (χ3n) is 4.86. The molecule has 9 heteroatoms. The molecule has 0 saturated heterocycles. The molecular weight excluding hydrogens is 456 g/mol. The number of primary amides is 1. The lowest BCUT2D eigenvalue weighted by Crippen LogP contribution is -2.34. The van der Waals surface area contributed by atoms with Crippen molar-refractivity contribution in [3.63, 3.8) is 0 Å². The molecule has 1 amide bonds. The van der Waals surface area contributed by atoms with Gasteiger partial charge in [0, 0.05) is 6.42 Å². The van der Waals surface area contributed by atoms with Crippen LogP contribution in [0.2, 0.25) is 0 Å². The van der Waals surface area contributed by atoms with Gasteiger partial charge in [0.1, 0.15) is 0 Å². The standard InChI is InChI=1S/C18H35NO2.C6H16N.CH4O4S/c1-2-3-4-11-14-17(20)15-12-9-7-5-6-8-10-13-16-18(19)21;1-5-6-7(2,3)4;1-5-6(2,3)4/h9,12,17,20H,2-8,10-11,13-16H2,1H3,(H2,19,21);5-6H2,1-4H3;1H3,(H,2,3,4)/q;+1;/p-1/b12-9-;;. The van der Waals surface area contributed by atoms with Gasteiger partial charge in [0.2, 0.25) is 16.3 Å². The van der Waals surface area contributed by atoms with Gasteiger partial charge in [-0.15, -0.1) is 0 Å². The summed E-state index contributed by atoms with van der Waals surface area (Å²) in [5, 5.41) is 9.80. The molecule has 1 unspecified atom stereocenters. The number of aliphatic hydroxyl groups is 1. The minimum Gasteiger partial charge on any atom is -0.726 e. The Morgan fingerprint density at radius 2 is 1.50 bits per heavy atom. The molecule has 0 bridgehead atoms. The predicted molar refractivity (Wildman–Crippen MR) is 140 cm³/mol. The molecule has 206 valence electrons. The van der Waals surface area contributed by atoms with Crippen LogP contribution >= 0.6 is 0 Å². The van der Waals surface area contributed by atoms with E-state index in [9.17, 15) is 22.9 Å².